The van der Waals surface area contributed by atoms with Crippen molar-refractivity contribution in [2.24, 2.45) is 0 Å². The van der Waals surface area contributed by atoms with Crippen molar-refractivity contribution < 1.29 is 0 Å². The molecule has 0 saturated heterocycles. The molecule has 1 N–H and O–H groups in total. The molecule has 0 spiro atoms. The fourth-order valence-corrected chi connectivity index (χ4v) is 2.43. The summed E-state index contributed by atoms with van der Waals surface area (Å²) in [5.41, 5.74) is 0. The van der Waals surface area contributed by atoms with Gasteiger partial charge < -0.3 is 5.32 Å². The predicted molar refractivity (Wildman–Crippen MR) is 46.8 cm³/mol. The highest BCUT2D eigenvalue weighted by Crippen LogP contribution is 2.32. The van der Waals surface area contributed by atoms with Crippen LogP contribution in [0, 0.1) is 0 Å². The van der Waals surface area contributed by atoms with Crippen LogP contribution in [0.25, 0.3) is 0 Å². The largest absolute Gasteiger partial charge is 0.319 e. The molecular formula is C7H18NP. The Morgan fingerprint density at radius 3 is 2.11 bits per heavy atom. The molecule has 0 rings (SSSR count). The lowest BCUT2D eigenvalue weighted by molar-refractivity contribution is 0.866. The van der Waals surface area contributed by atoms with Crippen LogP contribution < -0.4 is 5.32 Å². The Kier molecular flexibility index (Phi) is 6.79. The minimum absolute atomic E-state index is 0.375. The van der Waals surface area contributed by atoms with E-state index >= 15 is 0 Å². The third-order valence-corrected chi connectivity index (χ3v) is 4.22. The first kappa shape index (κ1) is 9.39. The van der Waals surface area contributed by atoms with Gasteiger partial charge in [-0.2, -0.15) is 0 Å². The monoisotopic (exact) mass is 147 g/mol. The van der Waals surface area contributed by atoms with Gasteiger partial charge >= 0.3 is 0 Å². The van der Waals surface area contributed by atoms with E-state index in [4.69, 9.17) is 0 Å². The normalized spacial score (nSPS) is 10.7. The van der Waals surface area contributed by atoms with Gasteiger partial charge in [-0.3, -0.25) is 0 Å². The molecule has 0 amide bonds. The van der Waals surface area contributed by atoms with Crippen molar-refractivity contribution in [1.82, 2.24) is 5.32 Å². The first-order valence-electron chi connectivity index (χ1n) is 3.72. The Bertz CT molecular complexity index is 52.9. The zero-order valence-electron chi connectivity index (χ0n) is 6.78. The number of nitrogens with one attached hydrogen (secondary N) is 1. The van der Waals surface area contributed by atoms with Gasteiger partial charge in [-0.05, 0) is 32.1 Å². The highest BCUT2D eigenvalue weighted by atomic mass is 31.1. The second-order valence-electron chi connectivity index (χ2n) is 2.13. The van der Waals surface area contributed by atoms with Crippen molar-refractivity contribution in [2.75, 3.05) is 32.1 Å². The second kappa shape index (κ2) is 6.51. The average Bonchev–Trinajstić information content (AvgIpc) is 1.91. The molecule has 1 nitrogen and oxygen atoms in total. The molecule has 2 heteroatoms. The quantitative estimate of drug-likeness (QED) is 0.584. The summed E-state index contributed by atoms with van der Waals surface area (Å²) >= 11 is 0. The Morgan fingerprint density at radius 1 is 1.22 bits per heavy atom. The minimum atomic E-state index is 0.375. The molecule has 0 aromatic heterocycles. The predicted octanol–water partition coefficient (Wildman–Crippen LogP) is 1.73. The zero-order valence-corrected chi connectivity index (χ0v) is 7.67. The fraction of sp³-hybridized carbons (Fsp3) is 1.00. The summed E-state index contributed by atoms with van der Waals surface area (Å²) in [7, 11) is 2.40. The van der Waals surface area contributed by atoms with Crippen LogP contribution in [-0.2, 0) is 0 Å². The summed E-state index contributed by atoms with van der Waals surface area (Å²) in [6.07, 6.45) is 4.19. The average molecular weight is 147 g/mol. The van der Waals surface area contributed by atoms with Gasteiger partial charge in [0.1, 0.15) is 0 Å². The van der Waals surface area contributed by atoms with E-state index in [0.717, 1.165) is 0 Å². The summed E-state index contributed by atoms with van der Waals surface area (Å²) in [5.74, 6) is 0. The highest BCUT2D eigenvalue weighted by molar-refractivity contribution is 7.57. The SMILES string of the molecule is CCP(CC)CCNC. The van der Waals surface area contributed by atoms with Gasteiger partial charge in [0.2, 0.25) is 0 Å². The van der Waals surface area contributed by atoms with Gasteiger partial charge in [-0.1, -0.05) is 13.8 Å². The van der Waals surface area contributed by atoms with E-state index in [9.17, 15) is 0 Å². The molecular weight excluding hydrogens is 129 g/mol. The van der Waals surface area contributed by atoms with Gasteiger partial charge in [0.05, 0.1) is 0 Å². The lowest BCUT2D eigenvalue weighted by Gasteiger charge is -2.11. The van der Waals surface area contributed by atoms with E-state index in [-0.39, 0.29) is 0 Å². The van der Waals surface area contributed by atoms with Gasteiger partial charge in [0, 0.05) is 0 Å². The Morgan fingerprint density at radius 2 is 1.78 bits per heavy atom. The zero-order chi connectivity index (χ0) is 7.11. The maximum Gasteiger partial charge on any atom is -0.00125 e. The van der Waals surface area contributed by atoms with E-state index in [1.807, 2.05) is 7.05 Å². The molecule has 0 aliphatic rings. The van der Waals surface area contributed by atoms with Gasteiger partial charge in [0.15, 0.2) is 0 Å². The fourth-order valence-electron chi connectivity index (χ4n) is 0.810. The topological polar surface area (TPSA) is 12.0 Å². The van der Waals surface area contributed by atoms with Crippen molar-refractivity contribution in [3.8, 4) is 0 Å². The van der Waals surface area contributed by atoms with E-state index in [1.54, 1.807) is 0 Å². The third kappa shape index (κ3) is 4.87. The van der Waals surface area contributed by atoms with Crippen molar-refractivity contribution >= 4 is 7.92 Å². The van der Waals surface area contributed by atoms with Crippen LogP contribution in [-0.4, -0.2) is 32.1 Å². The summed E-state index contributed by atoms with van der Waals surface area (Å²) in [5, 5.41) is 3.18. The third-order valence-electron chi connectivity index (χ3n) is 1.57. The minimum Gasteiger partial charge on any atom is -0.319 e. The summed E-state index contributed by atoms with van der Waals surface area (Å²) in [6, 6.07) is 0. The molecule has 9 heavy (non-hydrogen) atoms. The maximum absolute atomic E-state index is 3.18. The molecule has 0 aliphatic carbocycles. The Hall–Kier alpha value is 0.390. The van der Waals surface area contributed by atoms with E-state index in [0.29, 0.717) is 7.92 Å². The number of hydrogen-bond donors (Lipinski definition) is 1. The molecule has 0 heterocycles. The summed E-state index contributed by atoms with van der Waals surface area (Å²) in [4.78, 5) is 0. The lowest BCUT2D eigenvalue weighted by atomic mass is 10.8. The lowest BCUT2D eigenvalue weighted by Crippen LogP contribution is -2.11. The van der Waals surface area contributed by atoms with E-state index in [2.05, 4.69) is 19.2 Å². The van der Waals surface area contributed by atoms with Gasteiger partial charge in [-0.15, -0.1) is 7.92 Å². The molecule has 0 saturated carbocycles. The molecule has 0 radical (unpaired) electrons. The van der Waals surface area contributed by atoms with Crippen molar-refractivity contribution in [3.05, 3.63) is 0 Å². The molecule has 0 bridgehead atoms. The van der Waals surface area contributed by atoms with Crippen molar-refractivity contribution in [2.45, 2.75) is 13.8 Å². The van der Waals surface area contributed by atoms with Crippen LogP contribution in [0.5, 0.6) is 0 Å². The molecule has 0 unspecified atom stereocenters. The molecule has 0 aliphatic heterocycles. The van der Waals surface area contributed by atoms with Crippen LogP contribution in [0.1, 0.15) is 13.8 Å². The molecule has 0 atom stereocenters. The molecule has 56 valence electrons. The highest BCUT2D eigenvalue weighted by Gasteiger charge is 1.98. The van der Waals surface area contributed by atoms with Crippen molar-refractivity contribution in [3.63, 3.8) is 0 Å². The molecule has 0 fully saturated rings. The van der Waals surface area contributed by atoms with Gasteiger partial charge in [-0.25, -0.2) is 0 Å². The first-order valence-corrected chi connectivity index (χ1v) is 5.61. The second-order valence-corrected chi connectivity index (χ2v) is 5.18. The van der Waals surface area contributed by atoms with E-state index in [1.165, 1.54) is 25.0 Å². The standard InChI is InChI=1S/C7H18NP/c1-4-9(5-2)7-6-8-3/h8H,4-7H2,1-3H3. The van der Waals surface area contributed by atoms with Gasteiger partial charge in [0.25, 0.3) is 0 Å². The van der Waals surface area contributed by atoms with E-state index < -0.39 is 0 Å². The smallest absolute Gasteiger partial charge is 0.00125 e. The molecule has 0 aromatic carbocycles. The number of hydrogen-bond acceptors (Lipinski definition) is 1. The van der Waals surface area contributed by atoms with Crippen LogP contribution in [0.2, 0.25) is 0 Å². The Balaban J connectivity index is 3.09. The summed E-state index contributed by atoms with van der Waals surface area (Å²) < 4.78 is 0. The van der Waals surface area contributed by atoms with Crippen LogP contribution in [0.3, 0.4) is 0 Å². The van der Waals surface area contributed by atoms with Crippen LogP contribution >= 0.6 is 7.92 Å². The molecule has 0 aromatic rings. The van der Waals surface area contributed by atoms with Crippen LogP contribution in [0.15, 0.2) is 0 Å². The Labute approximate surface area is 60.0 Å². The first-order chi connectivity index (χ1) is 4.35. The maximum atomic E-state index is 3.18. The van der Waals surface area contributed by atoms with Crippen molar-refractivity contribution in [1.29, 1.82) is 0 Å². The van der Waals surface area contributed by atoms with Crippen LogP contribution in [0.4, 0.5) is 0 Å². The number of rotatable bonds is 5. The summed E-state index contributed by atoms with van der Waals surface area (Å²) in [6.45, 7) is 5.79.